The minimum Gasteiger partial charge on any atom is -0.393 e. The van der Waals surface area contributed by atoms with E-state index in [9.17, 15) is 9.90 Å². The molecule has 2 N–H and O–H groups in total. The molecule has 1 amide bonds. The number of carbonyl (C=O) groups excluding carboxylic acids is 1. The van der Waals surface area contributed by atoms with Crippen LogP contribution >= 0.6 is 11.3 Å². The second kappa shape index (κ2) is 6.16. The van der Waals surface area contributed by atoms with Crippen molar-refractivity contribution >= 4 is 23.3 Å². The molecule has 1 aliphatic carbocycles. The zero-order valence-electron chi connectivity index (χ0n) is 10.6. The first-order valence-corrected chi connectivity index (χ1v) is 7.21. The van der Waals surface area contributed by atoms with Gasteiger partial charge >= 0.3 is 0 Å². The Morgan fingerprint density at radius 1 is 1.61 bits per heavy atom. The minimum atomic E-state index is -0.170. The summed E-state index contributed by atoms with van der Waals surface area (Å²) >= 11 is 1.64. The van der Waals surface area contributed by atoms with E-state index >= 15 is 0 Å². The third-order valence-electron chi connectivity index (χ3n) is 3.37. The predicted octanol–water partition coefficient (Wildman–Crippen LogP) is 2.35. The lowest BCUT2D eigenvalue weighted by molar-refractivity contribution is -0.116. The molecule has 4 heteroatoms. The number of amides is 1. The number of rotatable bonds is 4. The fraction of sp³-hybridized carbons (Fsp3) is 0.500. The van der Waals surface area contributed by atoms with Gasteiger partial charge in [0.1, 0.15) is 0 Å². The van der Waals surface area contributed by atoms with Gasteiger partial charge in [-0.2, -0.15) is 0 Å². The Hall–Kier alpha value is -1.13. The quantitative estimate of drug-likeness (QED) is 0.821. The Balaban J connectivity index is 1.75. The van der Waals surface area contributed by atoms with Crippen molar-refractivity contribution in [3.8, 4) is 0 Å². The van der Waals surface area contributed by atoms with E-state index in [4.69, 9.17) is 0 Å². The summed E-state index contributed by atoms with van der Waals surface area (Å²) in [4.78, 5) is 12.8. The molecule has 1 heterocycles. The van der Waals surface area contributed by atoms with Crippen molar-refractivity contribution in [1.29, 1.82) is 0 Å². The minimum absolute atomic E-state index is 0.0517. The van der Waals surface area contributed by atoms with Crippen LogP contribution in [0.2, 0.25) is 0 Å². The highest BCUT2D eigenvalue weighted by atomic mass is 32.1. The van der Waals surface area contributed by atoms with Crippen molar-refractivity contribution in [3.05, 3.63) is 28.0 Å². The summed E-state index contributed by atoms with van der Waals surface area (Å²) in [5.74, 6) is 0.380. The van der Waals surface area contributed by atoms with Crippen molar-refractivity contribution in [2.24, 2.45) is 5.92 Å². The number of aliphatic hydroxyl groups excluding tert-OH is 1. The number of hydrogen-bond donors (Lipinski definition) is 2. The molecule has 18 heavy (non-hydrogen) atoms. The van der Waals surface area contributed by atoms with Crippen molar-refractivity contribution in [2.75, 3.05) is 6.54 Å². The summed E-state index contributed by atoms with van der Waals surface area (Å²) < 4.78 is 0. The highest BCUT2D eigenvalue weighted by molar-refractivity contribution is 7.11. The lowest BCUT2D eigenvalue weighted by Crippen LogP contribution is -2.26. The molecule has 0 radical (unpaired) electrons. The first kappa shape index (κ1) is 13.3. The van der Waals surface area contributed by atoms with E-state index in [0.717, 1.165) is 24.1 Å². The molecule has 0 aliphatic heterocycles. The van der Waals surface area contributed by atoms with Gasteiger partial charge in [0, 0.05) is 17.5 Å². The maximum absolute atomic E-state index is 11.6. The monoisotopic (exact) mass is 265 g/mol. The highest BCUT2D eigenvalue weighted by Crippen LogP contribution is 2.24. The van der Waals surface area contributed by atoms with Gasteiger partial charge in [-0.25, -0.2) is 0 Å². The van der Waals surface area contributed by atoms with Crippen molar-refractivity contribution in [1.82, 2.24) is 5.32 Å². The van der Waals surface area contributed by atoms with Crippen LogP contribution in [-0.2, 0) is 4.79 Å². The van der Waals surface area contributed by atoms with Crippen LogP contribution in [0.5, 0.6) is 0 Å². The maximum atomic E-state index is 11.6. The first-order valence-electron chi connectivity index (χ1n) is 6.33. The SMILES string of the molecule is Cc1ccsc1/C=C/C(=O)NCC1CCC(O)C1. The Labute approximate surface area is 112 Å². The van der Waals surface area contributed by atoms with Crippen LogP contribution < -0.4 is 5.32 Å². The Morgan fingerprint density at radius 3 is 3.06 bits per heavy atom. The zero-order chi connectivity index (χ0) is 13.0. The van der Waals surface area contributed by atoms with E-state index in [1.165, 1.54) is 5.56 Å². The van der Waals surface area contributed by atoms with E-state index in [1.54, 1.807) is 17.4 Å². The second-order valence-electron chi connectivity index (χ2n) is 4.88. The summed E-state index contributed by atoms with van der Waals surface area (Å²) in [6.45, 7) is 2.71. The van der Waals surface area contributed by atoms with Gasteiger partial charge in [-0.1, -0.05) is 0 Å². The molecule has 98 valence electrons. The predicted molar refractivity (Wildman–Crippen MR) is 74.4 cm³/mol. The number of hydrogen-bond acceptors (Lipinski definition) is 3. The molecule has 0 spiro atoms. The summed E-state index contributed by atoms with van der Waals surface area (Å²) in [6, 6.07) is 2.04. The summed E-state index contributed by atoms with van der Waals surface area (Å²) in [5, 5.41) is 14.3. The number of aliphatic hydroxyl groups is 1. The number of thiophene rings is 1. The Bertz CT molecular complexity index is 439. The smallest absolute Gasteiger partial charge is 0.244 e. The van der Waals surface area contributed by atoms with E-state index in [0.29, 0.717) is 12.5 Å². The largest absolute Gasteiger partial charge is 0.393 e. The standard InChI is InChI=1S/C14H19NO2S/c1-10-6-7-18-13(10)4-5-14(17)15-9-11-2-3-12(16)8-11/h4-7,11-12,16H,2-3,8-9H2,1H3,(H,15,17)/b5-4+. The van der Waals surface area contributed by atoms with E-state index < -0.39 is 0 Å². The zero-order valence-corrected chi connectivity index (χ0v) is 11.4. The lowest BCUT2D eigenvalue weighted by Gasteiger charge is -2.08. The fourth-order valence-electron chi connectivity index (χ4n) is 2.24. The molecule has 1 fully saturated rings. The molecule has 2 unspecified atom stereocenters. The molecule has 0 bridgehead atoms. The fourth-order valence-corrected chi connectivity index (χ4v) is 3.06. The number of aryl methyl sites for hydroxylation is 1. The van der Waals surface area contributed by atoms with Crippen LogP contribution in [0.25, 0.3) is 6.08 Å². The van der Waals surface area contributed by atoms with Crippen LogP contribution in [-0.4, -0.2) is 23.7 Å². The first-order chi connectivity index (χ1) is 8.65. The van der Waals surface area contributed by atoms with Gasteiger partial charge in [-0.05, 0) is 55.2 Å². The second-order valence-corrected chi connectivity index (χ2v) is 5.83. The molecular formula is C14H19NO2S. The van der Waals surface area contributed by atoms with Gasteiger partial charge in [-0.15, -0.1) is 11.3 Å². The molecule has 2 atom stereocenters. The molecular weight excluding hydrogens is 246 g/mol. The maximum Gasteiger partial charge on any atom is 0.244 e. The molecule has 1 aliphatic rings. The molecule has 0 aromatic carbocycles. The third kappa shape index (κ3) is 3.68. The van der Waals surface area contributed by atoms with Crippen LogP contribution in [0.3, 0.4) is 0 Å². The van der Waals surface area contributed by atoms with Gasteiger partial charge in [0.15, 0.2) is 0 Å². The average Bonchev–Trinajstić information content (AvgIpc) is 2.93. The summed E-state index contributed by atoms with van der Waals surface area (Å²) in [6.07, 6.45) is 5.97. The Morgan fingerprint density at radius 2 is 2.44 bits per heavy atom. The van der Waals surface area contributed by atoms with E-state index in [-0.39, 0.29) is 12.0 Å². The summed E-state index contributed by atoms with van der Waals surface area (Å²) in [5.41, 5.74) is 1.20. The molecule has 2 rings (SSSR count). The molecule has 1 aromatic heterocycles. The van der Waals surface area contributed by atoms with Crippen LogP contribution in [0, 0.1) is 12.8 Å². The third-order valence-corrected chi connectivity index (χ3v) is 4.35. The van der Waals surface area contributed by atoms with Gasteiger partial charge in [-0.3, -0.25) is 4.79 Å². The van der Waals surface area contributed by atoms with Gasteiger partial charge < -0.3 is 10.4 Å². The van der Waals surface area contributed by atoms with E-state index in [1.807, 2.05) is 24.4 Å². The van der Waals surface area contributed by atoms with Crippen LogP contribution in [0.4, 0.5) is 0 Å². The summed E-state index contributed by atoms with van der Waals surface area (Å²) in [7, 11) is 0. The van der Waals surface area contributed by atoms with Gasteiger partial charge in [0.25, 0.3) is 0 Å². The molecule has 1 saturated carbocycles. The van der Waals surface area contributed by atoms with E-state index in [2.05, 4.69) is 5.32 Å². The number of carbonyl (C=O) groups is 1. The van der Waals surface area contributed by atoms with Crippen molar-refractivity contribution in [2.45, 2.75) is 32.3 Å². The van der Waals surface area contributed by atoms with Crippen molar-refractivity contribution in [3.63, 3.8) is 0 Å². The van der Waals surface area contributed by atoms with Gasteiger partial charge in [0.2, 0.25) is 5.91 Å². The van der Waals surface area contributed by atoms with Crippen molar-refractivity contribution < 1.29 is 9.90 Å². The van der Waals surface area contributed by atoms with Gasteiger partial charge in [0.05, 0.1) is 6.10 Å². The molecule has 1 aromatic rings. The molecule has 3 nitrogen and oxygen atoms in total. The number of nitrogens with one attached hydrogen (secondary N) is 1. The molecule has 0 saturated heterocycles. The highest BCUT2D eigenvalue weighted by Gasteiger charge is 2.22. The normalized spacial score (nSPS) is 23.7. The topological polar surface area (TPSA) is 49.3 Å². The average molecular weight is 265 g/mol. The van der Waals surface area contributed by atoms with Crippen LogP contribution in [0.15, 0.2) is 17.5 Å². The Kier molecular flexibility index (Phi) is 4.55. The van der Waals surface area contributed by atoms with Crippen LogP contribution in [0.1, 0.15) is 29.7 Å². The lowest BCUT2D eigenvalue weighted by atomic mass is 10.1.